The van der Waals surface area contributed by atoms with Gasteiger partial charge in [0.1, 0.15) is 11.2 Å². The number of benzene rings is 8. The zero-order valence-corrected chi connectivity index (χ0v) is 40.5. The topological polar surface area (TPSA) is 21.3 Å². The molecule has 66 heavy (non-hydrogen) atoms. The summed E-state index contributed by atoms with van der Waals surface area (Å²) < 4.78 is 15.2. The summed E-state index contributed by atoms with van der Waals surface area (Å²) in [6.07, 6.45) is 0. The van der Waals surface area contributed by atoms with Crippen LogP contribution >= 0.6 is 22.7 Å². The van der Waals surface area contributed by atoms with Gasteiger partial charge in [-0.25, -0.2) is 0 Å². The number of fused-ring (bicyclic) bond motifs is 19. The van der Waals surface area contributed by atoms with Crippen LogP contribution in [0.25, 0.3) is 101 Å². The molecule has 0 saturated carbocycles. The van der Waals surface area contributed by atoms with Crippen LogP contribution in [0.5, 0.6) is 0 Å². The van der Waals surface area contributed by atoms with E-state index in [0.717, 1.165) is 16.6 Å². The minimum absolute atomic E-state index is 0.0251. The molecule has 0 N–H and O–H groups in total. The fraction of sp³-hybridized carbons (Fsp3) is 0.200. The molecule has 0 fully saturated rings. The van der Waals surface area contributed by atoms with Gasteiger partial charge in [0.2, 0.25) is 0 Å². The Hall–Kier alpha value is -6.34. The van der Waals surface area contributed by atoms with Gasteiger partial charge in [-0.2, -0.15) is 0 Å². The van der Waals surface area contributed by atoms with Crippen molar-refractivity contribution in [3.63, 3.8) is 0 Å². The van der Waals surface area contributed by atoms with Gasteiger partial charge in [0, 0.05) is 79.1 Å². The molecule has 2 aliphatic rings. The summed E-state index contributed by atoms with van der Waals surface area (Å²) in [5.41, 5.74) is 17.3. The highest BCUT2D eigenvalue weighted by atomic mass is 32.1. The molecule has 0 saturated heterocycles. The van der Waals surface area contributed by atoms with Crippen molar-refractivity contribution in [1.82, 2.24) is 4.57 Å². The maximum Gasteiger partial charge on any atom is 0.333 e. The third-order valence-corrected chi connectivity index (χ3v) is 17.3. The first kappa shape index (κ1) is 38.9. The molecule has 0 unspecified atom stereocenters. The van der Waals surface area contributed by atoms with Crippen LogP contribution in [0.1, 0.15) is 79.0 Å². The molecule has 2 aliphatic heterocycles. The number of nitrogens with zero attached hydrogens (tertiary/aromatic N) is 2. The lowest BCUT2D eigenvalue weighted by Gasteiger charge is -2.42. The van der Waals surface area contributed by atoms with Crippen molar-refractivity contribution in [2.45, 2.75) is 78.6 Å². The van der Waals surface area contributed by atoms with Crippen molar-refractivity contribution in [2.75, 3.05) is 4.81 Å². The summed E-state index contributed by atoms with van der Waals surface area (Å²) in [4.78, 5) is 2.71. The first-order valence-electron chi connectivity index (χ1n) is 23.4. The second kappa shape index (κ2) is 12.8. The van der Waals surface area contributed by atoms with E-state index in [-0.39, 0.29) is 23.1 Å². The molecule has 14 rings (SSSR count). The summed E-state index contributed by atoms with van der Waals surface area (Å²) in [7, 11) is 0. The monoisotopic (exact) mass is 888 g/mol. The van der Waals surface area contributed by atoms with E-state index in [9.17, 15) is 0 Å². The molecule has 4 aromatic heterocycles. The molecule has 8 aromatic carbocycles. The van der Waals surface area contributed by atoms with Crippen molar-refractivity contribution in [3.05, 3.63) is 150 Å². The van der Waals surface area contributed by atoms with Gasteiger partial charge in [-0.3, -0.25) is 0 Å². The van der Waals surface area contributed by atoms with Crippen molar-refractivity contribution in [1.29, 1.82) is 0 Å². The van der Waals surface area contributed by atoms with E-state index in [1.807, 2.05) is 22.7 Å². The van der Waals surface area contributed by atoms with E-state index in [1.54, 1.807) is 0 Å². The molecule has 6 heterocycles. The van der Waals surface area contributed by atoms with Crippen LogP contribution in [0, 0.1) is 0 Å². The Labute approximate surface area is 393 Å². The smallest absolute Gasteiger partial charge is 0.333 e. The molecule has 12 aromatic rings. The van der Waals surface area contributed by atoms with E-state index in [0.29, 0.717) is 0 Å². The van der Waals surface area contributed by atoms with Crippen LogP contribution < -0.4 is 15.7 Å². The predicted octanol–water partition coefficient (Wildman–Crippen LogP) is 16.5. The molecule has 0 amide bonds. The fourth-order valence-corrected chi connectivity index (χ4v) is 13.8. The Bertz CT molecular complexity index is 4120. The zero-order valence-electron chi connectivity index (χ0n) is 38.9. The van der Waals surface area contributed by atoms with Crippen molar-refractivity contribution >= 4 is 136 Å². The van der Waals surface area contributed by atoms with Gasteiger partial charge >= 0.3 is 6.85 Å². The molecule has 3 nitrogen and oxygen atoms in total. The van der Waals surface area contributed by atoms with E-state index in [2.05, 4.69) is 205 Å². The van der Waals surface area contributed by atoms with Gasteiger partial charge in [0.05, 0.1) is 16.4 Å². The molecule has 0 radical (unpaired) electrons. The molecule has 0 atom stereocenters. The number of aromatic nitrogens is 1. The zero-order chi connectivity index (χ0) is 44.9. The number of rotatable bonds is 1. The third kappa shape index (κ3) is 5.15. The summed E-state index contributed by atoms with van der Waals surface area (Å²) in [5.74, 6) is 0. The van der Waals surface area contributed by atoms with Gasteiger partial charge in [-0.05, 0) is 122 Å². The van der Waals surface area contributed by atoms with Crippen molar-refractivity contribution in [2.24, 2.45) is 0 Å². The minimum atomic E-state index is -0.128. The Kier molecular flexibility index (Phi) is 7.52. The standard InChI is InChI=1S/C60H49BN2OS2/c1-58(2,3)32-18-22-35(23-19-32)63-45-31-51-39(38-26-34(60(7,8)9)21-25-49(38)66-51)28-42(45)52-53-37-15-10-12-16-47(37)64-57(53)54-41-27-33(59(4,5)6)20-24-44(41)62-46-29-40-36-14-11-13-17-48(36)65-50(40)30-43(46)61(63)55(52)56(54)62/h10-31H,1-9H3. The van der Waals surface area contributed by atoms with Crippen molar-refractivity contribution in [3.8, 4) is 16.8 Å². The first-order chi connectivity index (χ1) is 31.6. The number of hydrogen-bond donors (Lipinski definition) is 0. The Morgan fingerprint density at radius 2 is 1.09 bits per heavy atom. The van der Waals surface area contributed by atoms with Crippen LogP contribution in [0.4, 0.5) is 11.4 Å². The average Bonchev–Trinajstić information content (AvgIpc) is 4.04. The van der Waals surface area contributed by atoms with Gasteiger partial charge in [-0.1, -0.05) is 123 Å². The van der Waals surface area contributed by atoms with Gasteiger partial charge in [0.15, 0.2) is 0 Å². The highest BCUT2D eigenvalue weighted by Gasteiger charge is 2.46. The normalized spacial score (nSPS) is 14.1. The van der Waals surface area contributed by atoms with E-state index < -0.39 is 0 Å². The number of anilines is 2. The fourth-order valence-electron chi connectivity index (χ4n) is 11.6. The number of para-hydroxylation sites is 1. The number of hydrogen-bond acceptors (Lipinski definition) is 4. The van der Waals surface area contributed by atoms with E-state index >= 15 is 0 Å². The van der Waals surface area contributed by atoms with Crippen LogP contribution in [0.3, 0.4) is 0 Å². The summed E-state index contributed by atoms with van der Waals surface area (Å²) in [6.45, 7) is 20.8. The molecular weight excluding hydrogens is 840 g/mol. The average molecular weight is 889 g/mol. The number of furan rings is 1. The largest absolute Gasteiger partial charge is 0.455 e. The predicted molar refractivity (Wildman–Crippen MR) is 289 cm³/mol. The van der Waals surface area contributed by atoms with E-state index in [1.165, 1.54) is 123 Å². The SMILES string of the molecule is CC(C)(C)c1ccc(N2B3c4cc5sc6ccccc6c5cc4-n4c5ccc(C(C)(C)C)cc5c5c6oc7ccccc7c6c(c3c54)-c3cc4c(cc32)sc2ccc(C(C)(C)C)cc24)cc1. The van der Waals surface area contributed by atoms with Gasteiger partial charge < -0.3 is 13.8 Å². The van der Waals surface area contributed by atoms with E-state index in [4.69, 9.17) is 4.42 Å². The number of thiophene rings is 2. The van der Waals surface area contributed by atoms with Gasteiger partial charge in [0.25, 0.3) is 0 Å². The van der Waals surface area contributed by atoms with Crippen LogP contribution in [-0.4, -0.2) is 11.4 Å². The van der Waals surface area contributed by atoms with Crippen LogP contribution in [0.15, 0.2) is 138 Å². The molecule has 320 valence electrons. The highest BCUT2D eigenvalue weighted by molar-refractivity contribution is 7.26. The summed E-state index contributed by atoms with van der Waals surface area (Å²) in [5, 5.41) is 10.1. The second-order valence-electron chi connectivity index (χ2n) is 22.1. The van der Waals surface area contributed by atoms with Crippen molar-refractivity contribution < 1.29 is 4.42 Å². The molecule has 0 aliphatic carbocycles. The summed E-state index contributed by atoms with van der Waals surface area (Å²) in [6, 6.07) is 51.7. The first-order valence-corrected chi connectivity index (χ1v) is 25.1. The third-order valence-electron chi connectivity index (χ3n) is 15.0. The quantitative estimate of drug-likeness (QED) is 0.153. The van der Waals surface area contributed by atoms with Gasteiger partial charge in [-0.15, -0.1) is 22.7 Å². The lowest BCUT2D eigenvalue weighted by molar-refractivity contribution is 0.590. The Morgan fingerprint density at radius 1 is 0.485 bits per heavy atom. The molecule has 0 spiro atoms. The maximum atomic E-state index is 7.29. The van der Waals surface area contributed by atoms with Crippen LogP contribution in [-0.2, 0) is 16.2 Å². The highest BCUT2D eigenvalue weighted by Crippen LogP contribution is 2.54. The molecular formula is C60H49BN2OS2. The lowest BCUT2D eigenvalue weighted by Crippen LogP contribution is -2.60. The second-order valence-corrected chi connectivity index (χ2v) is 24.3. The maximum absolute atomic E-state index is 7.29. The Balaban J connectivity index is 1.23. The minimum Gasteiger partial charge on any atom is -0.455 e. The molecule has 0 bridgehead atoms. The lowest BCUT2D eigenvalue weighted by atomic mass is 9.43. The Morgan fingerprint density at radius 3 is 1.83 bits per heavy atom. The molecule has 6 heteroatoms. The van der Waals surface area contributed by atoms with Crippen LogP contribution in [0.2, 0.25) is 0 Å². The summed E-state index contributed by atoms with van der Waals surface area (Å²) >= 11 is 3.83.